The van der Waals surface area contributed by atoms with Gasteiger partial charge in [0, 0.05) is 35.1 Å². The maximum atomic E-state index is 4.74. The van der Waals surface area contributed by atoms with Crippen LogP contribution in [0, 0.1) is 19.3 Å². The van der Waals surface area contributed by atoms with Crippen LogP contribution in [0.2, 0.25) is 0 Å². The Kier molecular flexibility index (Phi) is 2.76. The van der Waals surface area contributed by atoms with Gasteiger partial charge in [-0.05, 0) is 44.4 Å². The molecule has 2 rings (SSSR count). The zero-order chi connectivity index (χ0) is 12.8. The monoisotopic (exact) mass is 230 g/mol. The summed E-state index contributed by atoms with van der Waals surface area (Å²) in [5.74, 6) is 0. The third kappa shape index (κ3) is 1.97. The molecule has 0 fully saturated rings. The van der Waals surface area contributed by atoms with E-state index in [4.69, 9.17) is 4.99 Å². The van der Waals surface area contributed by atoms with Crippen molar-refractivity contribution >= 4 is 11.3 Å². The number of aromatic nitrogens is 1. The van der Waals surface area contributed by atoms with E-state index in [1.165, 1.54) is 33.8 Å². The van der Waals surface area contributed by atoms with Crippen LogP contribution in [0.3, 0.4) is 0 Å². The summed E-state index contributed by atoms with van der Waals surface area (Å²) in [7, 11) is 0. The van der Waals surface area contributed by atoms with Crippen LogP contribution in [-0.4, -0.2) is 10.7 Å². The number of aryl methyl sites for hydroxylation is 1. The first-order chi connectivity index (χ1) is 7.83. The zero-order valence-corrected chi connectivity index (χ0v) is 11.7. The minimum absolute atomic E-state index is 0.214. The quantitative estimate of drug-likeness (QED) is 0.747. The number of aromatic amines is 1. The normalized spacial score (nSPS) is 21.6. The van der Waals surface area contributed by atoms with Crippen molar-refractivity contribution in [2.45, 2.75) is 48.0 Å². The van der Waals surface area contributed by atoms with Crippen LogP contribution in [0.15, 0.2) is 16.9 Å². The first-order valence-electron chi connectivity index (χ1n) is 6.23. The van der Waals surface area contributed by atoms with Gasteiger partial charge in [-0.3, -0.25) is 4.99 Å². The number of nitrogens with one attached hydrogen (secondary N) is 1. The van der Waals surface area contributed by atoms with Crippen LogP contribution in [0.5, 0.6) is 0 Å². The highest BCUT2D eigenvalue weighted by Gasteiger charge is 2.30. The van der Waals surface area contributed by atoms with Crippen LogP contribution in [0.1, 0.15) is 50.9 Å². The third-order valence-corrected chi connectivity index (χ3v) is 4.10. The molecule has 0 saturated heterocycles. The number of hydrogen-bond donors (Lipinski definition) is 1. The topological polar surface area (TPSA) is 28.1 Å². The molecule has 0 spiro atoms. The second-order valence-electron chi connectivity index (χ2n) is 5.80. The van der Waals surface area contributed by atoms with Crippen LogP contribution >= 0.6 is 0 Å². The summed E-state index contributed by atoms with van der Waals surface area (Å²) in [6.07, 6.45) is 3.12. The van der Waals surface area contributed by atoms with Gasteiger partial charge in [-0.1, -0.05) is 13.8 Å². The van der Waals surface area contributed by atoms with Crippen molar-refractivity contribution < 1.29 is 0 Å². The molecule has 0 amide bonds. The van der Waals surface area contributed by atoms with E-state index in [0.29, 0.717) is 0 Å². The molecule has 2 heteroatoms. The summed E-state index contributed by atoms with van der Waals surface area (Å²) in [6.45, 7) is 13.1. The average Bonchev–Trinajstić information content (AvgIpc) is 2.70. The van der Waals surface area contributed by atoms with E-state index >= 15 is 0 Å². The van der Waals surface area contributed by atoms with Crippen molar-refractivity contribution in [3.8, 4) is 0 Å². The maximum absolute atomic E-state index is 4.74. The molecule has 1 aromatic rings. The first kappa shape index (κ1) is 12.2. The minimum atomic E-state index is 0.214. The smallest absolute Gasteiger partial charge is 0.0462 e. The summed E-state index contributed by atoms with van der Waals surface area (Å²) in [6, 6.07) is 0. The summed E-state index contributed by atoms with van der Waals surface area (Å²) >= 11 is 0. The van der Waals surface area contributed by atoms with Gasteiger partial charge in [-0.2, -0.15) is 0 Å². The molecule has 92 valence electrons. The molecule has 2 nitrogen and oxygen atoms in total. The van der Waals surface area contributed by atoms with Crippen LogP contribution in [0.4, 0.5) is 0 Å². The minimum Gasteiger partial charge on any atom is -0.361 e. The fourth-order valence-electron chi connectivity index (χ4n) is 2.28. The van der Waals surface area contributed by atoms with Gasteiger partial charge in [-0.15, -0.1) is 0 Å². The van der Waals surface area contributed by atoms with Crippen molar-refractivity contribution in [1.82, 2.24) is 4.98 Å². The van der Waals surface area contributed by atoms with Gasteiger partial charge in [0.05, 0.1) is 0 Å². The van der Waals surface area contributed by atoms with Gasteiger partial charge in [0.25, 0.3) is 0 Å². The Balaban J connectivity index is 2.46. The fraction of sp³-hybridized carbons (Fsp3) is 0.533. The molecule has 0 saturated carbocycles. The molecule has 0 unspecified atom stereocenters. The lowest BCUT2D eigenvalue weighted by Gasteiger charge is -2.16. The highest BCUT2D eigenvalue weighted by atomic mass is 14.8. The van der Waals surface area contributed by atoms with Gasteiger partial charge in [-0.25, -0.2) is 0 Å². The molecule has 0 radical (unpaired) electrons. The summed E-state index contributed by atoms with van der Waals surface area (Å²) in [4.78, 5) is 8.11. The number of allylic oxidation sites excluding steroid dienone is 2. The molecule has 1 aromatic heterocycles. The van der Waals surface area contributed by atoms with Crippen molar-refractivity contribution in [1.29, 1.82) is 0 Å². The van der Waals surface area contributed by atoms with E-state index in [0.717, 1.165) is 6.42 Å². The molecule has 1 aliphatic heterocycles. The van der Waals surface area contributed by atoms with Crippen molar-refractivity contribution in [2.75, 3.05) is 0 Å². The predicted molar refractivity (Wildman–Crippen MR) is 74.4 cm³/mol. The lowest BCUT2D eigenvalue weighted by molar-refractivity contribution is 0.540. The van der Waals surface area contributed by atoms with Crippen LogP contribution in [0.25, 0.3) is 5.57 Å². The van der Waals surface area contributed by atoms with E-state index in [9.17, 15) is 0 Å². The summed E-state index contributed by atoms with van der Waals surface area (Å²) < 4.78 is 0. The number of rotatable bonds is 1. The number of H-pyrrole nitrogens is 1. The lowest BCUT2D eigenvalue weighted by atomic mass is 9.85. The number of aliphatic imine (C=N–C) groups is 1. The van der Waals surface area contributed by atoms with Gasteiger partial charge in [0.1, 0.15) is 0 Å². The molecule has 0 bridgehead atoms. The second-order valence-corrected chi connectivity index (χ2v) is 5.80. The predicted octanol–water partition coefficient (Wildman–Crippen LogP) is 4.25. The summed E-state index contributed by atoms with van der Waals surface area (Å²) in [5.41, 5.74) is 7.88. The van der Waals surface area contributed by atoms with Gasteiger partial charge >= 0.3 is 0 Å². The maximum Gasteiger partial charge on any atom is 0.0462 e. The van der Waals surface area contributed by atoms with Gasteiger partial charge in [0.15, 0.2) is 0 Å². The molecule has 0 aromatic carbocycles. The molecule has 1 aliphatic rings. The largest absolute Gasteiger partial charge is 0.361 e. The molecular formula is C15H22N2. The summed E-state index contributed by atoms with van der Waals surface area (Å²) in [5, 5.41) is 0. The van der Waals surface area contributed by atoms with E-state index in [1.807, 2.05) is 0 Å². The molecule has 1 N–H and O–H groups in total. The van der Waals surface area contributed by atoms with Gasteiger partial charge < -0.3 is 4.98 Å². The standard InChI is InChI=1S/C15H22N2/c1-9-8-16-14(10(9)2)11(3)13-7-15(5,6)12(4)17-13/h8,16H,7H2,1-6H3/b13-11+. The van der Waals surface area contributed by atoms with E-state index in [2.05, 4.69) is 52.7 Å². The second kappa shape index (κ2) is 3.86. The Morgan fingerprint density at radius 3 is 2.35 bits per heavy atom. The molecule has 0 atom stereocenters. The third-order valence-electron chi connectivity index (χ3n) is 4.10. The van der Waals surface area contributed by atoms with E-state index < -0.39 is 0 Å². The Morgan fingerprint density at radius 1 is 1.29 bits per heavy atom. The molecule has 2 heterocycles. The fourth-order valence-corrected chi connectivity index (χ4v) is 2.28. The Bertz CT molecular complexity index is 513. The highest BCUT2D eigenvalue weighted by Crippen LogP contribution is 2.38. The molecule has 17 heavy (non-hydrogen) atoms. The Labute approximate surface area is 104 Å². The van der Waals surface area contributed by atoms with E-state index in [-0.39, 0.29) is 5.41 Å². The number of hydrogen-bond acceptors (Lipinski definition) is 1. The van der Waals surface area contributed by atoms with Crippen molar-refractivity contribution in [3.05, 3.63) is 28.7 Å². The SMILES string of the molecule is CC1=N/C(=C(\C)c2[nH]cc(C)c2C)CC1(C)C. The van der Waals surface area contributed by atoms with Gasteiger partial charge in [0.2, 0.25) is 0 Å². The Hall–Kier alpha value is -1.31. The first-order valence-corrected chi connectivity index (χ1v) is 6.23. The lowest BCUT2D eigenvalue weighted by Crippen LogP contribution is -2.15. The Morgan fingerprint density at radius 2 is 1.94 bits per heavy atom. The molecule has 0 aliphatic carbocycles. The van der Waals surface area contributed by atoms with Crippen LogP contribution < -0.4 is 0 Å². The highest BCUT2D eigenvalue weighted by molar-refractivity contribution is 5.92. The molecular weight excluding hydrogens is 208 g/mol. The number of nitrogens with zero attached hydrogens (tertiary/aromatic N) is 1. The van der Waals surface area contributed by atoms with Crippen molar-refractivity contribution in [2.24, 2.45) is 10.4 Å². The zero-order valence-electron chi connectivity index (χ0n) is 11.7. The van der Waals surface area contributed by atoms with E-state index in [1.54, 1.807) is 0 Å². The van der Waals surface area contributed by atoms with Crippen LogP contribution in [-0.2, 0) is 0 Å². The average molecular weight is 230 g/mol. The van der Waals surface area contributed by atoms with Crippen molar-refractivity contribution in [3.63, 3.8) is 0 Å².